The Labute approximate surface area is 173 Å². The largest absolute Gasteiger partial charge is 0.364 e. The van der Waals surface area contributed by atoms with Gasteiger partial charge in [-0.3, -0.25) is 4.68 Å². The summed E-state index contributed by atoms with van der Waals surface area (Å²) in [6, 6.07) is 9.81. The van der Waals surface area contributed by atoms with Gasteiger partial charge in [0.05, 0.1) is 18.4 Å². The lowest BCUT2D eigenvalue weighted by Crippen LogP contribution is -2.15. The van der Waals surface area contributed by atoms with E-state index in [0.29, 0.717) is 28.5 Å². The van der Waals surface area contributed by atoms with Crippen molar-refractivity contribution >= 4 is 16.9 Å². The highest BCUT2D eigenvalue weighted by atomic mass is 32.2. The van der Waals surface area contributed by atoms with E-state index in [4.69, 9.17) is 4.52 Å². The van der Waals surface area contributed by atoms with Crippen molar-refractivity contribution < 1.29 is 17.7 Å². The maximum atomic E-state index is 14.2. The van der Waals surface area contributed by atoms with Crippen molar-refractivity contribution in [2.75, 3.05) is 19.0 Å². The van der Waals surface area contributed by atoms with E-state index in [0.717, 1.165) is 0 Å². The van der Waals surface area contributed by atoms with Gasteiger partial charge in [0.2, 0.25) is 0 Å². The number of nitrogens with zero attached hydrogens (tertiary/aromatic N) is 6. The number of rotatable bonds is 6. The molecule has 1 aromatic carbocycles. The van der Waals surface area contributed by atoms with Gasteiger partial charge in [-0.1, -0.05) is 23.4 Å². The summed E-state index contributed by atoms with van der Waals surface area (Å²) in [5.41, 5.74) is 1.97. The van der Waals surface area contributed by atoms with Crippen molar-refractivity contribution in [2.45, 2.75) is 11.4 Å². The highest BCUT2D eigenvalue weighted by Gasteiger charge is 2.19. The van der Waals surface area contributed by atoms with Crippen LogP contribution < -0.4 is 4.90 Å². The highest BCUT2D eigenvalue weighted by Crippen LogP contribution is 2.27. The average Bonchev–Trinajstić information content (AvgIpc) is 3.39. The maximum Gasteiger partial charge on any atom is 0.191 e. The summed E-state index contributed by atoms with van der Waals surface area (Å²) in [6.07, 6.45) is 2.72. The number of hydrogen-bond acceptors (Lipinski definition) is 7. The molecule has 0 radical (unpaired) electrons. The first-order valence-electron chi connectivity index (χ1n) is 8.81. The van der Waals surface area contributed by atoms with E-state index >= 15 is 0 Å². The van der Waals surface area contributed by atoms with Crippen LogP contribution in [0.4, 0.5) is 10.2 Å². The molecule has 0 aliphatic rings. The minimum absolute atomic E-state index is 0.0891. The molecule has 9 nitrogen and oxygen atoms in total. The van der Waals surface area contributed by atoms with Gasteiger partial charge in [0.25, 0.3) is 0 Å². The SMILES string of the molecule is CN(C)c1nc(-c2cc(-c3ccon3)n(Cc3ccccc3F)n2)ncc1S(=O)O. The van der Waals surface area contributed by atoms with Crippen LogP contribution in [0.1, 0.15) is 5.56 Å². The molecular weight excluding hydrogens is 411 g/mol. The summed E-state index contributed by atoms with van der Waals surface area (Å²) >= 11 is -2.23. The molecule has 0 saturated heterocycles. The Morgan fingerprint density at radius 3 is 2.70 bits per heavy atom. The summed E-state index contributed by atoms with van der Waals surface area (Å²) in [5.74, 6) is 0.207. The predicted octanol–water partition coefficient (Wildman–Crippen LogP) is 2.83. The molecular formula is C19H17FN6O3S. The summed E-state index contributed by atoms with van der Waals surface area (Å²) in [6.45, 7) is 0.161. The average molecular weight is 428 g/mol. The summed E-state index contributed by atoms with van der Waals surface area (Å²) in [5, 5.41) is 8.48. The monoisotopic (exact) mass is 428 g/mol. The third-order valence-electron chi connectivity index (χ3n) is 4.34. The molecule has 11 heteroatoms. The summed E-state index contributed by atoms with van der Waals surface area (Å²) in [7, 11) is 3.42. The molecule has 0 bridgehead atoms. The molecule has 1 unspecified atom stereocenters. The van der Waals surface area contributed by atoms with Gasteiger partial charge in [0, 0.05) is 25.7 Å². The van der Waals surface area contributed by atoms with E-state index in [1.165, 1.54) is 18.5 Å². The zero-order valence-corrected chi connectivity index (χ0v) is 16.9. The third-order valence-corrected chi connectivity index (χ3v) is 5.00. The zero-order valence-electron chi connectivity index (χ0n) is 16.1. The molecule has 0 saturated carbocycles. The van der Waals surface area contributed by atoms with E-state index in [9.17, 15) is 13.2 Å². The van der Waals surface area contributed by atoms with Crippen LogP contribution in [0.3, 0.4) is 0 Å². The van der Waals surface area contributed by atoms with Crippen molar-refractivity contribution in [3.8, 4) is 22.9 Å². The van der Waals surface area contributed by atoms with Gasteiger partial charge in [-0.15, -0.1) is 0 Å². The van der Waals surface area contributed by atoms with E-state index in [-0.39, 0.29) is 23.1 Å². The molecule has 1 N–H and O–H groups in total. The minimum Gasteiger partial charge on any atom is -0.364 e. The molecule has 0 amide bonds. The van der Waals surface area contributed by atoms with Gasteiger partial charge in [0.1, 0.15) is 28.4 Å². The van der Waals surface area contributed by atoms with Gasteiger partial charge in [-0.05, 0) is 12.1 Å². The number of aromatic nitrogens is 5. The lowest BCUT2D eigenvalue weighted by Gasteiger charge is -2.14. The topological polar surface area (TPSA) is 110 Å². The normalized spacial score (nSPS) is 12.1. The Morgan fingerprint density at radius 2 is 2.03 bits per heavy atom. The first-order valence-corrected chi connectivity index (χ1v) is 9.92. The van der Waals surface area contributed by atoms with Crippen molar-refractivity contribution in [3.05, 3.63) is 60.2 Å². The Kier molecular flexibility index (Phi) is 5.38. The maximum absolute atomic E-state index is 14.2. The second-order valence-electron chi connectivity index (χ2n) is 6.57. The van der Waals surface area contributed by atoms with Crippen LogP contribution in [-0.2, 0) is 17.6 Å². The third kappa shape index (κ3) is 3.84. The molecule has 3 aromatic heterocycles. The molecule has 30 heavy (non-hydrogen) atoms. The van der Waals surface area contributed by atoms with Gasteiger partial charge in [-0.2, -0.15) is 5.10 Å². The fourth-order valence-electron chi connectivity index (χ4n) is 2.91. The summed E-state index contributed by atoms with van der Waals surface area (Å²) in [4.78, 5) is 10.3. The Morgan fingerprint density at radius 1 is 1.23 bits per heavy atom. The lowest BCUT2D eigenvalue weighted by molar-refractivity contribution is 0.421. The zero-order chi connectivity index (χ0) is 21.3. The second kappa shape index (κ2) is 8.13. The fourth-order valence-corrected chi connectivity index (χ4v) is 3.44. The van der Waals surface area contributed by atoms with Gasteiger partial charge in [-0.25, -0.2) is 18.6 Å². The van der Waals surface area contributed by atoms with Crippen LogP contribution in [0.25, 0.3) is 22.9 Å². The molecule has 4 aromatic rings. The second-order valence-corrected chi connectivity index (χ2v) is 7.51. The molecule has 1 atom stereocenters. The van der Waals surface area contributed by atoms with Gasteiger partial charge >= 0.3 is 0 Å². The number of benzene rings is 1. The number of hydrogen-bond donors (Lipinski definition) is 1. The van der Waals surface area contributed by atoms with Crippen LogP contribution in [0.15, 0.2) is 58.3 Å². The molecule has 0 aliphatic heterocycles. The van der Waals surface area contributed by atoms with Crippen molar-refractivity contribution in [1.82, 2.24) is 24.9 Å². The smallest absolute Gasteiger partial charge is 0.191 e. The quantitative estimate of drug-likeness (QED) is 0.467. The van der Waals surface area contributed by atoms with Crippen LogP contribution >= 0.6 is 0 Å². The minimum atomic E-state index is -2.23. The van der Waals surface area contributed by atoms with Crippen LogP contribution in [0.5, 0.6) is 0 Å². The van der Waals surface area contributed by atoms with Gasteiger partial charge in [0.15, 0.2) is 22.7 Å². The Hall–Kier alpha value is -3.44. The van der Waals surface area contributed by atoms with E-state index in [1.807, 2.05) is 0 Å². The van der Waals surface area contributed by atoms with Crippen LogP contribution in [-0.4, -0.2) is 47.8 Å². The Balaban J connectivity index is 1.81. The van der Waals surface area contributed by atoms with E-state index < -0.39 is 11.1 Å². The van der Waals surface area contributed by atoms with Crippen molar-refractivity contribution in [1.29, 1.82) is 0 Å². The number of anilines is 1. The highest BCUT2D eigenvalue weighted by molar-refractivity contribution is 7.79. The molecule has 3 heterocycles. The lowest BCUT2D eigenvalue weighted by atomic mass is 10.2. The van der Waals surface area contributed by atoms with Crippen LogP contribution in [0.2, 0.25) is 0 Å². The van der Waals surface area contributed by atoms with Crippen LogP contribution in [0, 0.1) is 5.82 Å². The standard InChI is InChI=1S/C19H17FN6O3S/c1-25(2)19-17(30(27)28)10-21-18(22-19)15-9-16(14-7-8-29-24-14)26(23-15)11-12-5-3-4-6-13(12)20/h3-10H,11H2,1-2H3,(H,27,28). The van der Waals surface area contributed by atoms with Gasteiger partial charge < -0.3 is 14.0 Å². The first-order chi connectivity index (χ1) is 14.4. The molecule has 0 aliphatic carbocycles. The number of halogens is 1. The molecule has 154 valence electrons. The van der Waals surface area contributed by atoms with Crippen molar-refractivity contribution in [2.24, 2.45) is 0 Å². The van der Waals surface area contributed by atoms with Crippen molar-refractivity contribution in [3.63, 3.8) is 0 Å². The fraction of sp³-hybridized carbons (Fsp3) is 0.158. The Bertz CT molecular complexity index is 1210. The van der Waals surface area contributed by atoms with E-state index in [2.05, 4.69) is 20.2 Å². The molecule has 0 fully saturated rings. The predicted molar refractivity (Wildman–Crippen MR) is 108 cm³/mol. The molecule has 4 rings (SSSR count). The summed E-state index contributed by atoms with van der Waals surface area (Å²) < 4.78 is 41.7. The molecule has 0 spiro atoms. The first kappa shape index (κ1) is 19.9. The van der Waals surface area contributed by atoms with E-state index in [1.54, 1.807) is 54.0 Å².